The van der Waals surface area contributed by atoms with Crippen LogP contribution in [0.1, 0.15) is 33.6 Å². The minimum Gasteiger partial charge on any atom is -0.444 e. The van der Waals surface area contributed by atoms with Crippen LogP contribution in [0.4, 0.5) is 4.79 Å². The summed E-state index contributed by atoms with van der Waals surface area (Å²) in [5.74, 6) is 0. The van der Waals surface area contributed by atoms with E-state index in [0.717, 1.165) is 12.8 Å². The van der Waals surface area contributed by atoms with Gasteiger partial charge in [0.15, 0.2) is 0 Å². The number of hydrogen-bond donors (Lipinski definition) is 1. The van der Waals surface area contributed by atoms with Crippen LogP contribution in [0.3, 0.4) is 0 Å². The Balaban J connectivity index is 3.22. The molecule has 0 unspecified atom stereocenters. The van der Waals surface area contributed by atoms with Crippen molar-refractivity contribution < 1.29 is 19.0 Å². The van der Waals surface area contributed by atoms with Crippen molar-refractivity contribution in [3.05, 3.63) is 10.4 Å². The molecule has 21 heavy (non-hydrogen) atoms. The van der Waals surface area contributed by atoms with Gasteiger partial charge in [0.05, 0.1) is 6.61 Å². The Morgan fingerprint density at radius 2 is 1.76 bits per heavy atom. The summed E-state index contributed by atoms with van der Waals surface area (Å²) >= 11 is 0. The lowest BCUT2D eigenvalue weighted by Crippen LogP contribution is -2.34. The summed E-state index contributed by atoms with van der Waals surface area (Å²) in [7, 11) is 0. The van der Waals surface area contributed by atoms with Crippen molar-refractivity contribution in [1.82, 2.24) is 5.32 Å². The first-order chi connectivity index (χ1) is 9.95. The van der Waals surface area contributed by atoms with Crippen molar-refractivity contribution in [1.29, 1.82) is 0 Å². The minimum absolute atomic E-state index is 0.419. The quantitative estimate of drug-likeness (QED) is 0.274. The van der Waals surface area contributed by atoms with E-state index in [2.05, 4.69) is 15.3 Å². The third kappa shape index (κ3) is 16.4. The molecule has 0 rings (SSSR count). The fourth-order valence-electron chi connectivity index (χ4n) is 1.29. The average Bonchev–Trinajstić information content (AvgIpc) is 2.38. The molecule has 0 aromatic carbocycles. The zero-order valence-corrected chi connectivity index (χ0v) is 13.1. The summed E-state index contributed by atoms with van der Waals surface area (Å²) in [4.78, 5) is 14.0. The molecule has 1 N–H and O–H groups in total. The van der Waals surface area contributed by atoms with E-state index < -0.39 is 11.7 Å². The van der Waals surface area contributed by atoms with Crippen LogP contribution >= 0.6 is 0 Å². The van der Waals surface area contributed by atoms with Gasteiger partial charge in [-0.05, 0) is 39.1 Å². The van der Waals surface area contributed by atoms with E-state index >= 15 is 0 Å². The minimum atomic E-state index is -0.485. The number of nitrogens with zero attached hydrogens (tertiary/aromatic N) is 3. The monoisotopic (exact) mass is 302 g/mol. The largest absolute Gasteiger partial charge is 0.444 e. The molecule has 0 radical (unpaired) electrons. The first-order valence-corrected chi connectivity index (χ1v) is 7.09. The van der Waals surface area contributed by atoms with Crippen molar-refractivity contribution in [2.45, 2.75) is 39.2 Å². The summed E-state index contributed by atoms with van der Waals surface area (Å²) in [6.07, 6.45) is 1.08. The second-order valence-electron chi connectivity index (χ2n) is 5.31. The van der Waals surface area contributed by atoms with Gasteiger partial charge in [0.2, 0.25) is 0 Å². The number of rotatable bonds is 11. The number of hydrogen-bond acceptors (Lipinski definition) is 5. The van der Waals surface area contributed by atoms with Crippen molar-refractivity contribution >= 4 is 6.09 Å². The lowest BCUT2D eigenvalue weighted by Gasteiger charge is -2.19. The Morgan fingerprint density at radius 3 is 2.38 bits per heavy atom. The number of azide groups is 1. The van der Waals surface area contributed by atoms with Gasteiger partial charge >= 0.3 is 6.09 Å². The van der Waals surface area contributed by atoms with Gasteiger partial charge in [-0.3, -0.25) is 0 Å². The van der Waals surface area contributed by atoms with Gasteiger partial charge in [-0.1, -0.05) is 5.11 Å². The maximum Gasteiger partial charge on any atom is 0.407 e. The molecule has 0 aliphatic rings. The number of carbonyl (C=O) groups excluding carboxylic acids is 1. The Labute approximate surface area is 125 Å². The van der Waals surface area contributed by atoms with Crippen LogP contribution < -0.4 is 5.32 Å². The highest BCUT2D eigenvalue weighted by Crippen LogP contribution is 2.05. The zero-order valence-electron chi connectivity index (χ0n) is 13.1. The van der Waals surface area contributed by atoms with Gasteiger partial charge in [0, 0.05) is 37.8 Å². The fourth-order valence-corrected chi connectivity index (χ4v) is 1.29. The second kappa shape index (κ2) is 12.3. The van der Waals surface area contributed by atoms with E-state index in [1.54, 1.807) is 0 Å². The molecule has 0 aromatic heterocycles. The molecule has 0 spiro atoms. The lowest BCUT2D eigenvalue weighted by molar-refractivity contribution is 0.0484. The predicted molar refractivity (Wildman–Crippen MR) is 79.1 cm³/mol. The normalized spacial score (nSPS) is 10.8. The van der Waals surface area contributed by atoms with Crippen LogP contribution in [0.15, 0.2) is 5.11 Å². The molecule has 122 valence electrons. The number of carbonyl (C=O) groups is 1. The fraction of sp³-hybridized carbons (Fsp3) is 0.923. The summed E-state index contributed by atoms with van der Waals surface area (Å²) in [6, 6.07) is 0. The van der Waals surface area contributed by atoms with Gasteiger partial charge in [-0.2, -0.15) is 0 Å². The highest BCUT2D eigenvalue weighted by atomic mass is 16.6. The van der Waals surface area contributed by atoms with E-state index in [1.165, 1.54) is 0 Å². The van der Waals surface area contributed by atoms with Gasteiger partial charge < -0.3 is 19.5 Å². The van der Waals surface area contributed by atoms with Crippen molar-refractivity contribution in [2.24, 2.45) is 5.11 Å². The predicted octanol–water partition coefficient (Wildman–Crippen LogP) is 2.63. The second-order valence-corrected chi connectivity index (χ2v) is 5.31. The van der Waals surface area contributed by atoms with Crippen LogP contribution in [0.25, 0.3) is 10.4 Å². The van der Waals surface area contributed by atoms with Crippen molar-refractivity contribution in [2.75, 3.05) is 39.5 Å². The van der Waals surface area contributed by atoms with E-state index in [4.69, 9.17) is 19.7 Å². The molecule has 0 saturated carbocycles. The van der Waals surface area contributed by atoms with Crippen LogP contribution in [0.5, 0.6) is 0 Å². The standard InChI is InChI=1S/C13H26N4O4/c1-13(2,3)21-12(18)15-7-11-20-10-5-9-19-8-4-6-16-17-14/h4-11H2,1-3H3,(H,15,18). The molecule has 0 heterocycles. The highest BCUT2D eigenvalue weighted by molar-refractivity contribution is 5.67. The summed E-state index contributed by atoms with van der Waals surface area (Å²) in [5, 5.41) is 6.02. The third-order valence-electron chi connectivity index (χ3n) is 2.10. The molecule has 0 aromatic rings. The maximum atomic E-state index is 11.3. The number of nitrogens with one attached hydrogen (secondary N) is 1. The summed E-state index contributed by atoms with van der Waals surface area (Å²) in [5.41, 5.74) is 7.58. The Kier molecular flexibility index (Phi) is 11.4. The molecule has 0 saturated heterocycles. The van der Waals surface area contributed by atoms with E-state index in [0.29, 0.717) is 39.5 Å². The maximum absolute atomic E-state index is 11.3. The molecule has 8 nitrogen and oxygen atoms in total. The third-order valence-corrected chi connectivity index (χ3v) is 2.10. The van der Waals surface area contributed by atoms with Gasteiger partial charge in [0.25, 0.3) is 0 Å². The molecular weight excluding hydrogens is 276 g/mol. The van der Waals surface area contributed by atoms with Crippen LogP contribution in [-0.4, -0.2) is 51.2 Å². The molecule has 0 aliphatic carbocycles. The molecule has 0 atom stereocenters. The van der Waals surface area contributed by atoms with Crippen molar-refractivity contribution in [3.8, 4) is 0 Å². The first-order valence-electron chi connectivity index (χ1n) is 7.09. The zero-order chi connectivity index (χ0) is 16.0. The summed E-state index contributed by atoms with van der Waals surface area (Å²) < 4.78 is 15.8. The number of ether oxygens (including phenoxy) is 3. The molecule has 0 fully saturated rings. The van der Waals surface area contributed by atoms with Gasteiger partial charge in [-0.15, -0.1) is 0 Å². The number of alkyl carbamates (subject to hydrolysis) is 1. The summed E-state index contributed by atoms with van der Waals surface area (Å²) in [6.45, 7) is 8.53. The average molecular weight is 302 g/mol. The number of amides is 1. The Hall–Kier alpha value is -1.50. The van der Waals surface area contributed by atoms with Crippen LogP contribution in [-0.2, 0) is 14.2 Å². The van der Waals surface area contributed by atoms with Crippen molar-refractivity contribution in [3.63, 3.8) is 0 Å². The van der Waals surface area contributed by atoms with Gasteiger partial charge in [0.1, 0.15) is 5.60 Å². The Bertz CT molecular complexity index is 325. The van der Waals surface area contributed by atoms with Crippen LogP contribution in [0.2, 0.25) is 0 Å². The first kappa shape index (κ1) is 19.5. The molecule has 1 amide bonds. The van der Waals surface area contributed by atoms with E-state index in [1.807, 2.05) is 20.8 Å². The molecule has 0 aliphatic heterocycles. The molecular formula is C13H26N4O4. The van der Waals surface area contributed by atoms with E-state index in [9.17, 15) is 4.79 Å². The van der Waals surface area contributed by atoms with Gasteiger partial charge in [-0.25, -0.2) is 4.79 Å². The topological polar surface area (TPSA) is 106 Å². The molecule has 8 heteroatoms. The smallest absolute Gasteiger partial charge is 0.407 e. The lowest BCUT2D eigenvalue weighted by atomic mass is 10.2. The molecule has 0 bridgehead atoms. The van der Waals surface area contributed by atoms with E-state index in [-0.39, 0.29) is 0 Å². The highest BCUT2D eigenvalue weighted by Gasteiger charge is 2.15. The Morgan fingerprint density at radius 1 is 1.14 bits per heavy atom. The SMILES string of the molecule is CC(C)(C)OC(=O)NCCOCCCOCCCN=[N+]=[N-]. The van der Waals surface area contributed by atoms with Crippen LogP contribution in [0, 0.1) is 0 Å².